The molecule has 2 heterocycles. The Morgan fingerprint density at radius 2 is 2.06 bits per heavy atom. The fourth-order valence-electron chi connectivity index (χ4n) is 1.50. The zero-order chi connectivity index (χ0) is 11.4. The summed E-state index contributed by atoms with van der Waals surface area (Å²) in [5, 5.41) is 7.79. The summed E-state index contributed by atoms with van der Waals surface area (Å²) in [7, 11) is 0. The summed E-state index contributed by atoms with van der Waals surface area (Å²) >= 11 is 1.76. The number of nitrogens with zero attached hydrogens (tertiary/aromatic N) is 1. The zero-order valence-electron chi connectivity index (χ0n) is 9.66. The molecule has 0 amide bonds. The maximum atomic E-state index is 4.36. The van der Waals surface area contributed by atoms with Crippen molar-refractivity contribution in [3.63, 3.8) is 0 Å². The molecule has 84 valence electrons. The summed E-state index contributed by atoms with van der Waals surface area (Å²) in [6, 6.07) is 4.17. The highest BCUT2D eigenvalue weighted by Gasteiger charge is 1.99. The average Bonchev–Trinajstić information content (AvgIpc) is 2.68. The molecule has 2 aromatic heterocycles. The fraction of sp³-hybridized carbons (Fsp3) is 0.308. The van der Waals surface area contributed by atoms with Gasteiger partial charge in [-0.25, -0.2) is 0 Å². The van der Waals surface area contributed by atoms with Crippen LogP contribution in [0.4, 0.5) is 0 Å². The van der Waals surface area contributed by atoms with Gasteiger partial charge in [0.1, 0.15) is 0 Å². The van der Waals surface area contributed by atoms with Crippen LogP contribution in [0, 0.1) is 13.8 Å². The Balaban J connectivity index is 1.84. The van der Waals surface area contributed by atoms with Crippen LogP contribution in [-0.2, 0) is 13.1 Å². The molecule has 1 N–H and O–H groups in total. The molecule has 0 unspecified atom stereocenters. The molecule has 2 nitrogen and oxygen atoms in total. The average molecular weight is 232 g/mol. The van der Waals surface area contributed by atoms with Crippen LogP contribution < -0.4 is 5.32 Å². The van der Waals surface area contributed by atoms with E-state index in [0.29, 0.717) is 0 Å². The van der Waals surface area contributed by atoms with Crippen molar-refractivity contribution in [1.29, 1.82) is 0 Å². The van der Waals surface area contributed by atoms with Gasteiger partial charge in [-0.05, 0) is 47.4 Å². The van der Waals surface area contributed by atoms with Gasteiger partial charge in [0.05, 0.1) is 5.69 Å². The van der Waals surface area contributed by atoms with Crippen LogP contribution in [0.5, 0.6) is 0 Å². The van der Waals surface area contributed by atoms with Crippen molar-refractivity contribution in [3.8, 4) is 0 Å². The number of hydrogen-bond acceptors (Lipinski definition) is 3. The minimum atomic E-state index is 0.829. The van der Waals surface area contributed by atoms with E-state index in [1.165, 1.54) is 16.7 Å². The van der Waals surface area contributed by atoms with Gasteiger partial charge in [0.15, 0.2) is 0 Å². The lowest BCUT2D eigenvalue weighted by molar-refractivity contribution is 0.678. The van der Waals surface area contributed by atoms with Crippen molar-refractivity contribution in [2.45, 2.75) is 26.9 Å². The maximum Gasteiger partial charge on any atom is 0.0541 e. The minimum Gasteiger partial charge on any atom is -0.307 e. The Morgan fingerprint density at radius 1 is 1.19 bits per heavy atom. The number of pyridine rings is 1. The third-order valence-electron chi connectivity index (χ3n) is 2.56. The van der Waals surface area contributed by atoms with Crippen LogP contribution >= 0.6 is 11.3 Å². The molecule has 0 radical (unpaired) electrons. The summed E-state index contributed by atoms with van der Waals surface area (Å²) in [5.41, 5.74) is 5.06. The van der Waals surface area contributed by atoms with Crippen LogP contribution in [0.15, 0.2) is 29.1 Å². The SMILES string of the molecule is Cc1ccc(CNCc2cscc2C)nc1. The van der Waals surface area contributed by atoms with E-state index in [9.17, 15) is 0 Å². The Bertz CT molecular complexity index is 445. The molecule has 0 saturated carbocycles. The van der Waals surface area contributed by atoms with Crippen molar-refractivity contribution in [1.82, 2.24) is 10.3 Å². The normalized spacial score (nSPS) is 10.6. The first-order valence-electron chi connectivity index (χ1n) is 5.39. The van der Waals surface area contributed by atoms with E-state index in [4.69, 9.17) is 0 Å². The smallest absolute Gasteiger partial charge is 0.0541 e. The Hall–Kier alpha value is -1.19. The Kier molecular flexibility index (Phi) is 3.70. The van der Waals surface area contributed by atoms with Gasteiger partial charge in [-0.2, -0.15) is 11.3 Å². The van der Waals surface area contributed by atoms with Crippen LogP contribution in [0.2, 0.25) is 0 Å². The van der Waals surface area contributed by atoms with E-state index in [1.807, 2.05) is 6.20 Å². The number of nitrogens with one attached hydrogen (secondary N) is 1. The van der Waals surface area contributed by atoms with E-state index in [2.05, 4.69) is 47.0 Å². The first-order chi connectivity index (χ1) is 7.75. The van der Waals surface area contributed by atoms with Gasteiger partial charge in [0, 0.05) is 19.3 Å². The second-order valence-electron chi connectivity index (χ2n) is 4.01. The van der Waals surface area contributed by atoms with Crippen molar-refractivity contribution in [3.05, 3.63) is 51.5 Å². The summed E-state index contributed by atoms with van der Waals surface area (Å²) < 4.78 is 0. The highest BCUT2D eigenvalue weighted by atomic mass is 32.1. The van der Waals surface area contributed by atoms with Crippen LogP contribution in [-0.4, -0.2) is 4.98 Å². The van der Waals surface area contributed by atoms with Gasteiger partial charge in [-0.3, -0.25) is 4.98 Å². The van der Waals surface area contributed by atoms with E-state index in [0.717, 1.165) is 18.8 Å². The molecule has 16 heavy (non-hydrogen) atoms. The number of aryl methyl sites for hydroxylation is 2. The fourth-order valence-corrected chi connectivity index (χ4v) is 2.35. The van der Waals surface area contributed by atoms with Crippen molar-refractivity contribution >= 4 is 11.3 Å². The molecule has 0 aliphatic heterocycles. The Morgan fingerprint density at radius 3 is 2.69 bits per heavy atom. The third kappa shape index (κ3) is 2.90. The van der Waals surface area contributed by atoms with Crippen LogP contribution in [0.25, 0.3) is 0 Å². The molecular formula is C13H16N2S. The van der Waals surface area contributed by atoms with Crippen molar-refractivity contribution in [2.24, 2.45) is 0 Å². The molecule has 0 bridgehead atoms. The summed E-state index contributed by atoms with van der Waals surface area (Å²) in [6.07, 6.45) is 1.91. The predicted molar refractivity (Wildman–Crippen MR) is 68.6 cm³/mol. The standard InChI is InChI=1S/C13H16N2S/c1-10-3-4-13(15-5-10)7-14-6-12-9-16-8-11(12)2/h3-5,8-9,14H,6-7H2,1-2H3. The van der Waals surface area contributed by atoms with Gasteiger partial charge < -0.3 is 5.32 Å². The van der Waals surface area contributed by atoms with Gasteiger partial charge in [0.25, 0.3) is 0 Å². The molecule has 0 aromatic carbocycles. The largest absolute Gasteiger partial charge is 0.307 e. The molecule has 0 aliphatic carbocycles. The van der Waals surface area contributed by atoms with Crippen LogP contribution in [0.1, 0.15) is 22.4 Å². The maximum absolute atomic E-state index is 4.36. The molecule has 0 spiro atoms. The molecule has 0 fully saturated rings. The van der Waals surface area contributed by atoms with Crippen LogP contribution in [0.3, 0.4) is 0 Å². The molecule has 2 rings (SSSR count). The Labute approximate surface area is 100 Å². The molecular weight excluding hydrogens is 216 g/mol. The lowest BCUT2D eigenvalue weighted by atomic mass is 10.2. The molecule has 0 atom stereocenters. The highest BCUT2D eigenvalue weighted by molar-refractivity contribution is 7.08. The highest BCUT2D eigenvalue weighted by Crippen LogP contribution is 2.13. The van der Waals surface area contributed by atoms with Crippen molar-refractivity contribution in [2.75, 3.05) is 0 Å². The van der Waals surface area contributed by atoms with Crippen molar-refractivity contribution < 1.29 is 0 Å². The number of hydrogen-bond donors (Lipinski definition) is 1. The van der Waals surface area contributed by atoms with Gasteiger partial charge in [0.2, 0.25) is 0 Å². The topological polar surface area (TPSA) is 24.9 Å². The van der Waals surface area contributed by atoms with E-state index < -0.39 is 0 Å². The van der Waals surface area contributed by atoms with Gasteiger partial charge in [-0.15, -0.1) is 0 Å². The first kappa shape index (κ1) is 11.3. The number of rotatable bonds is 4. The molecule has 2 aromatic rings. The molecule has 3 heteroatoms. The summed E-state index contributed by atoms with van der Waals surface area (Å²) in [6.45, 7) is 5.96. The summed E-state index contributed by atoms with van der Waals surface area (Å²) in [5.74, 6) is 0. The van der Waals surface area contributed by atoms with Gasteiger partial charge in [-0.1, -0.05) is 6.07 Å². The number of aromatic nitrogens is 1. The number of thiophene rings is 1. The van der Waals surface area contributed by atoms with Gasteiger partial charge >= 0.3 is 0 Å². The van der Waals surface area contributed by atoms with E-state index in [-0.39, 0.29) is 0 Å². The minimum absolute atomic E-state index is 0.829. The first-order valence-corrected chi connectivity index (χ1v) is 6.34. The van der Waals surface area contributed by atoms with E-state index in [1.54, 1.807) is 11.3 Å². The lowest BCUT2D eigenvalue weighted by Crippen LogP contribution is -2.13. The second kappa shape index (κ2) is 5.23. The zero-order valence-corrected chi connectivity index (χ0v) is 10.5. The monoisotopic (exact) mass is 232 g/mol. The lowest BCUT2D eigenvalue weighted by Gasteiger charge is -2.04. The molecule has 0 saturated heterocycles. The quantitative estimate of drug-likeness (QED) is 0.876. The van der Waals surface area contributed by atoms with E-state index >= 15 is 0 Å². The molecule has 0 aliphatic rings. The predicted octanol–water partition coefficient (Wildman–Crippen LogP) is 3.05. The summed E-state index contributed by atoms with van der Waals surface area (Å²) in [4.78, 5) is 4.36. The second-order valence-corrected chi connectivity index (χ2v) is 4.75. The third-order valence-corrected chi connectivity index (χ3v) is 3.47.